The molecule has 0 saturated heterocycles. The summed E-state index contributed by atoms with van der Waals surface area (Å²) in [6.07, 6.45) is 14.4. The highest BCUT2D eigenvalue weighted by Gasteiger charge is 2.34. The summed E-state index contributed by atoms with van der Waals surface area (Å²) in [5, 5.41) is 27.2. The molecular weight excluding hydrogens is 616 g/mol. The zero-order valence-corrected chi connectivity index (χ0v) is 29.1. The number of amides is 3. The third-order valence-corrected chi connectivity index (χ3v) is 9.38. The van der Waals surface area contributed by atoms with Crippen molar-refractivity contribution in [1.29, 1.82) is 0 Å². The fraction of sp³-hybridized carbons (Fsp3) is 0.525. The first-order chi connectivity index (χ1) is 23.6. The number of likely N-dealkylation sites (N-methyl/N-ethyl adjacent to an activating group) is 2. The van der Waals surface area contributed by atoms with E-state index < -0.39 is 42.0 Å². The maximum absolute atomic E-state index is 13.8. The van der Waals surface area contributed by atoms with Gasteiger partial charge in [0.1, 0.15) is 12.1 Å². The Labute approximate surface area is 292 Å². The molecule has 0 heterocycles. The minimum absolute atomic E-state index is 0.0503. The van der Waals surface area contributed by atoms with Crippen LogP contribution in [0, 0.1) is 36.5 Å². The predicted octanol–water partition coefficient (Wildman–Crippen LogP) is 3.53. The monoisotopic (exact) mass is 670 g/mol. The number of rotatable bonds is 19. The van der Waals surface area contributed by atoms with Gasteiger partial charge in [-0.2, -0.15) is 0 Å². The average molecular weight is 671 g/mol. The summed E-state index contributed by atoms with van der Waals surface area (Å²) < 4.78 is 0. The molecule has 1 saturated carbocycles. The van der Waals surface area contributed by atoms with Crippen LogP contribution in [0.25, 0.3) is 0 Å². The summed E-state index contributed by atoms with van der Waals surface area (Å²) in [4.78, 5) is 44.7. The van der Waals surface area contributed by atoms with Crippen molar-refractivity contribution < 1.29 is 24.6 Å². The van der Waals surface area contributed by atoms with E-state index in [0.29, 0.717) is 25.9 Å². The van der Waals surface area contributed by atoms with E-state index in [1.807, 2.05) is 55.6 Å². The number of carbonyl (C=O) groups is 3. The van der Waals surface area contributed by atoms with Crippen molar-refractivity contribution in [1.82, 2.24) is 20.4 Å². The Morgan fingerprint density at radius 3 is 2.06 bits per heavy atom. The molecule has 3 unspecified atom stereocenters. The van der Waals surface area contributed by atoms with E-state index in [0.717, 1.165) is 44.2 Å². The van der Waals surface area contributed by atoms with Crippen LogP contribution in [-0.4, -0.2) is 89.2 Å². The summed E-state index contributed by atoms with van der Waals surface area (Å²) in [7, 11) is 3.74. The number of carbonyl (C=O) groups excluding carboxylic acids is 3. The van der Waals surface area contributed by atoms with Gasteiger partial charge >= 0.3 is 0 Å². The number of benzene rings is 2. The first kappa shape index (κ1) is 39.3. The number of hydrogen-bond donors (Lipinski definition) is 4. The molecule has 9 heteroatoms. The van der Waals surface area contributed by atoms with E-state index in [9.17, 15) is 24.6 Å². The first-order valence-corrected chi connectivity index (χ1v) is 17.4. The van der Waals surface area contributed by atoms with Crippen LogP contribution in [0.2, 0.25) is 0 Å². The Balaban J connectivity index is 1.70. The van der Waals surface area contributed by atoms with Crippen molar-refractivity contribution >= 4 is 17.7 Å². The van der Waals surface area contributed by atoms with Crippen LogP contribution < -0.4 is 10.6 Å². The topological polar surface area (TPSA) is 122 Å². The lowest BCUT2D eigenvalue weighted by atomic mass is 9.82. The van der Waals surface area contributed by atoms with Gasteiger partial charge < -0.3 is 30.6 Å². The largest absolute Gasteiger partial charge is 0.389 e. The third kappa shape index (κ3) is 13.7. The molecule has 0 radical (unpaired) electrons. The van der Waals surface area contributed by atoms with Gasteiger partial charge in [0.05, 0.1) is 18.1 Å². The molecule has 1 aliphatic rings. The van der Waals surface area contributed by atoms with Crippen molar-refractivity contribution in [3.63, 3.8) is 0 Å². The fourth-order valence-electron chi connectivity index (χ4n) is 6.42. The van der Waals surface area contributed by atoms with Gasteiger partial charge in [-0.15, -0.1) is 24.7 Å². The van der Waals surface area contributed by atoms with Crippen LogP contribution in [0.15, 0.2) is 60.7 Å². The molecule has 5 atom stereocenters. The summed E-state index contributed by atoms with van der Waals surface area (Å²) in [6.45, 7) is 1.89. The van der Waals surface area contributed by atoms with Crippen LogP contribution in [0.1, 0.15) is 68.9 Å². The van der Waals surface area contributed by atoms with Crippen molar-refractivity contribution in [3.05, 3.63) is 71.8 Å². The number of nitrogens with zero attached hydrogens (tertiary/aromatic N) is 2. The van der Waals surface area contributed by atoms with E-state index in [-0.39, 0.29) is 31.1 Å². The quantitative estimate of drug-likeness (QED) is 0.170. The zero-order chi connectivity index (χ0) is 35.6. The normalized spacial score (nSPS) is 16.3. The fourth-order valence-corrected chi connectivity index (χ4v) is 6.42. The van der Waals surface area contributed by atoms with Crippen molar-refractivity contribution in [2.45, 2.75) is 95.0 Å². The molecule has 264 valence electrons. The van der Waals surface area contributed by atoms with Gasteiger partial charge in [-0.1, -0.05) is 92.8 Å². The second kappa shape index (κ2) is 21.0. The highest BCUT2D eigenvalue weighted by atomic mass is 16.3. The summed E-state index contributed by atoms with van der Waals surface area (Å²) in [5.41, 5.74) is 2.07. The van der Waals surface area contributed by atoms with E-state index >= 15 is 0 Å². The highest BCUT2D eigenvalue weighted by Crippen LogP contribution is 2.28. The van der Waals surface area contributed by atoms with Crippen LogP contribution >= 0.6 is 0 Å². The lowest BCUT2D eigenvalue weighted by Crippen LogP contribution is -2.55. The average Bonchev–Trinajstić information content (AvgIpc) is 3.10. The lowest BCUT2D eigenvalue weighted by molar-refractivity contribution is -0.137. The number of nitrogens with one attached hydrogen (secondary N) is 2. The van der Waals surface area contributed by atoms with Gasteiger partial charge in [0, 0.05) is 45.9 Å². The number of hydrogen-bond acceptors (Lipinski definition) is 6. The molecule has 3 amide bonds. The van der Waals surface area contributed by atoms with Crippen LogP contribution in [0.4, 0.5) is 0 Å². The SMILES string of the molecule is C#CCC(O)[C@H](O)C(CC1CCCCC1)NC(=O)[C@H](CC#C)NC(=O)C(CC(=O)N(C)CCN(C)Cc1ccccc1)Cc1ccccc1. The second-order valence-electron chi connectivity index (χ2n) is 13.4. The number of aliphatic hydroxyl groups is 2. The highest BCUT2D eigenvalue weighted by molar-refractivity contribution is 5.91. The van der Waals surface area contributed by atoms with Gasteiger partial charge in [-0.25, -0.2) is 0 Å². The standard InChI is InChI=1S/C40H54N4O5/c1-5-16-34(40(49)42-35(38(47)36(45)17-6-2)27-31-20-12-8-13-21-31)41-39(48)33(26-30-18-10-7-11-19-30)28-37(46)44(4)25-24-43(3)29-32-22-14-9-15-23-32/h1-2,7,9-11,14-15,18-19,22-23,31,33-36,38,45,47H,8,12-13,16-17,20-21,24-29H2,3-4H3,(H,41,48)(H,42,49)/t33?,34-,35?,36?,38+/m0/s1. The van der Waals surface area contributed by atoms with Crippen LogP contribution in [0.3, 0.4) is 0 Å². The van der Waals surface area contributed by atoms with Gasteiger partial charge in [-0.3, -0.25) is 14.4 Å². The maximum atomic E-state index is 13.8. The maximum Gasteiger partial charge on any atom is 0.243 e. The second-order valence-corrected chi connectivity index (χ2v) is 13.4. The molecule has 49 heavy (non-hydrogen) atoms. The Hall–Kier alpha value is -4.15. The van der Waals surface area contributed by atoms with Crippen molar-refractivity contribution in [2.75, 3.05) is 27.2 Å². The van der Waals surface area contributed by atoms with Crippen LogP contribution in [0.5, 0.6) is 0 Å². The molecule has 0 spiro atoms. The molecule has 0 aromatic heterocycles. The van der Waals surface area contributed by atoms with E-state index in [4.69, 9.17) is 12.8 Å². The summed E-state index contributed by atoms with van der Waals surface area (Å²) in [6, 6.07) is 17.7. The number of aliphatic hydroxyl groups excluding tert-OH is 2. The van der Waals surface area contributed by atoms with E-state index in [1.165, 1.54) is 5.56 Å². The molecule has 3 rings (SSSR count). The van der Waals surface area contributed by atoms with Crippen LogP contribution in [-0.2, 0) is 27.3 Å². The Bertz CT molecular complexity index is 1380. The molecule has 1 fully saturated rings. The minimum atomic E-state index is -1.28. The predicted molar refractivity (Wildman–Crippen MR) is 193 cm³/mol. The van der Waals surface area contributed by atoms with Gasteiger partial charge in [-0.05, 0) is 36.9 Å². The first-order valence-electron chi connectivity index (χ1n) is 17.4. The minimum Gasteiger partial charge on any atom is -0.389 e. The zero-order valence-electron chi connectivity index (χ0n) is 29.1. The summed E-state index contributed by atoms with van der Waals surface area (Å²) >= 11 is 0. The lowest BCUT2D eigenvalue weighted by Gasteiger charge is -2.33. The Morgan fingerprint density at radius 1 is 0.837 bits per heavy atom. The Kier molecular flexibility index (Phi) is 16.9. The van der Waals surface area contributed by atoms with Gasteiger partial charge in [0.15, 0.2) is 0 Å². The molecule has 0 bridgehead atoms. The molecule has 1 aliphatic carbocycles. The Morgan fingerprint density at radius 2 is 1.45 bits per heavy atom. The number of terminal acetylenes is 2. The molecule has 4 N–H and O–H groups in total. The molecule has 2 aromatic rings. The van der Waals surface area contributed by atoms with Gasteiger partial charge in [0.25, 0.3) is 0 Å². The van der Waals surface area contributed by atoms with Crippen molar-refractivity contribution in [3.8, 4) is 24.7 Å². The third-order valence-electron chi connectivity index (χ3n) is 9.38. The van der Waals surface area contributed by atoms with Gasteiger partial charge in [0.2, 0.25) is 17.7 Å². The molecule has 9 nitrogen and oxygen atoms in total. The smallest absolute Gasteiger partial charge is 0.243 e. The van der Waals surface area contributed by atoms with E-state index in [2.05, 4.69) is 39.5 Å². The molecular formula is C40H54N4O5. The molecule has 2 aromatic carbocycles. The summed E-state index contributed by atoms with van der Waals surface area (Å²) in [5.74, 6) is 3.18. The molecule has 0 aliphatic heterocycles. The van der Waals surface area contributed by atoms with E-state index in [1.54, 1.807) is 11.9 Å². The van der Waals surface area contributed by atoms with Crippen molar-refractivity contribution in [2.24, 2.45) is 11.8 Å².